The molecule has 0 amide bonds. The lowest BCUT2D eigenvalue weighted by Crippen LogP contribution is -2.08. The van der Waals surface area contributed by atoms with Gasteiger partial charge in [0.05, 0.1) is 11.4 Å². The quantitative estimate of drug-likeness (QED) is 0.547. The molecule has 2 nitrogen and oxygen atoms in total. The van der Waals surface area contributed by atoms with E-state index in [9.17, 15) is 0 Å². The third-order valence-electron chi connectivity index (χ3n) is 1.54. The fourth-order valence-electron chi connectivity index (χ4n) is 1.01. The molecule has 0 aromatic carbocycles. The maximum Gasteiger partial charge on any atom is 0.0864 e. The average Bonchev–Trinajstić information content (AvgIpc) is 2.28. The van der Waals surface area contributed by atoms with Crippen molar-refractivity contribution in [3.8, 4) is 0 Å². The molecule has 2 aliphatic heterocycles. The van der Waals surface area contributed by atoms with E-state index in [1.165, 1.54) is 0 Å². The standard InChI is InChI=1S/C9H8N2/c1-2-6-10-9-5-3-7-11-8(9)4-1/h1-7,11H. The Bertz CT molecular complexity index is 304. The summed E-state index contributed by atoms with van der Waals surface area (Å²) in [5, 5.41) is 3.11. The zero-order valence-electron chi connectivity index (χ0n) is 5.99. The van der Waals surface area contributed by atoms with Crippen LogP contribution in [0.25, 0.3) is 0 Å². The van der Waals surface area contributed by atoms with Gasteiger partial charge in [-0.15, -0.1) is 0 Å². The van der Waals surface area contributed by atoms with Crippen LogP contribution in [-0.2, 0) is 0 Å². The highest BCUT2D eigenvalue weighted by Gasteiger charge is 2.03. The number of nitrogens with zero attached hydrogens (tertiary/aromatic N) is 1. The van der Waals surface area contributed by atoms with Crippen LogP contribution in [0, 0.1) is 0 Å². The van der Waals surface area contributed by atoms with E-state index in [0.29, 0.717) is 0 Å². The van der Waals surface area contributed by atoms with E-state index >= 15 is 0 Å². The van der Waals surface area contributed by atoms with Gasteiger partial charge in [-0.25, -0.2) is 0 Å². The van der Waals surface area contributed by atoms with Gasteiger partial charge in [-0.2, -0.15) is 0 Å². The van der Waals surface area contributed by atoms with Crippen LogP contribution in [0.1, 0.15) is 0 Å². The number of aliphatic imine (C=N–C) groups is 1. The molecule has 0 saturated heterocycles. The second-order valence-corrected chi connectivity index (χ2v) is 2.30. The first-order chi connectivity index (χ1) is 5.47. The molecule has 2 aliphatic rings. The molecule has 0 unspecified atom stereocenters. The van der Waals surface area contributed by atoms with E-state index in [2.05, 4.69) is 10.3 Å². The van der Waals surface area contributed by atoms with Gasteiger partial charge in [0, 0.05) is 12.4 Å². The van der Waals surface area contributed by atoms with Gasteiger partial charge in [0.15, 0.2) is 0 Å². The molecule has 0 aromatic heterocycles. The Morgan fingerprint density at radius 3 is 3.09 bits per heavy atom. The summed E-state index contributed by atoms with van der Waals surface area (Å²) in [7, 11) is 0. The van der Waals surface area contributed by atoms with Gasteiger partial charge in [0.2, 0.25) is 0 Å². The molecule has 0 aliphatic carbocycles. The van der Waals surface area contributed by atoms with Crippen molar-refractivity contribution in [2.45, 2.75) is 0 Å². The zero-order chi connectivity index (χ0) is 7.52. The molecule has 0 fully saturated rings. The van der Waals surface area contributed by atoms with Gasteiger partial charge in [0.1, 0.15) is 0 Å². The molecule has 0 aromatic rings. The molecule has 0 spiro atoms. The average molecular weight is 144 g/mol. The van der Waals surface area contributed by atoms with Crippen LogP contribution in [0.5, 0.6) is 0 Å². The Morgan fingerprint density at radius 2 is 2.09 bits per heavy atom. The minimum Gasteiger partial charge on any atom is -0.360 e. The van der Waals surface area contributed by atoms with Gasteiger partial charge in [-0.05, 0) is 24.3 Å². The Labute approximate surface area is 65.3 Å². The monoisotopic (exact) mass is 144 g/mol. The first kappa shape index (κ1) is 6.16. The summed E-state index contributed by atoms with van der Waals surface area (Å²) in [6, 6.07) is 0. The van der Waals surface area contributed by atoms with Crippen molar-refractivity contribution in [2.24, 2.45) is 4.99 Å². The van der Waals surface area contributed by atoms with E-state index in [0.717, 1.165) is 11.4 Å². The minimum atomic E-state index is 0.984. The summed E-state index contributed by atoms with van der Waals surface area (Å²) in [6.07, 6.45) is 13.5. The highest BCUT2D eigenvalue weighted by molar-refractivity contribution is 5.74. The lowest BCUT2D eigenvalue weighted by atomic mass is 10.2. The number of hydrogen-bond acceptors (Lipinski definition) is 2. The van der Waals surface area contributed by atoms with Crippen molar-refractivity contribution in [3.05, 3.63) is 48.0 Å². The van der Waals surface area contributed by atoms with E-state index in [1.54, 1.807) is 6.21 Å². The van der Waals surface area contributed by atoms with Gasteiger partial charge in [0.25, 0.3) is 0 Å². The van der Waals surface area contributed by atoms with Crippen molar-refractivity contribution >= 4 is 6.21 Å². The fraction of sp³-hybridized carbons (Fsp3) is 0. The topological polar surface area (TPSA) is 24.4 Å². The molecule has 0 bridgehead atoms. The zero-order valence-corrected chi connectivity index (χ0v) is 5.99. The molecule has 2 heterocycles. The molecule has 2 heteroatoms. The van der Waals surface area contributed by atoms with E-state index in [1.807, 2.05) is 36.6 Å². The molecule has 2 rings (SSSR count). The van der Waals surface area contributed by atoms with E-state index in [-0.39, 0.29) is 0 Å². The largest absolute Gasteiger partial charge is 0.360 e. The number of rotatable bonds is 0. The molecule has 54 valence electrons. The highest BCUT2D eigenvalue weighted by Crippen LogP contribution is 2.13. The third kappa shape index (κ3) is 1.15. The van der Waals surface area contributed by atoms with Crippen LogP contribution in [0.3, 0.4) is 0 Å². The van der Waals surface area contributed by atoms with Crippen LogP contribution in [0.15, 0.2) is 53.0 Å². The number of allylic oxidation sites excluding steroid dienone is 5. The highest BCUT2D eigenvalue weighted by atomic mass is 14.9. The molecular formula is C9H8N2. The second kappa shape index (κ2) is 2.58. The Hall–Kier alpha value is -1.57. The SMILES string of the molecule is C1=CC=C2NC=CC=C2N=C1. The van der Waals surface area contributed by atoms with Crippen LogP contribution < -0.4 is 5.32 Å². The normalized spacial score (nSPS) is 19.6. The summed E-state index contributed by atoms with van der Waals surface area (Å²) in [5.41, 5.74) is 2.04. The minimum absolute atomic E-state index is 0.984. The second-order valence-electron chi connectivity index (χ2n) is 2.30. The predicted octanol–water partition coefficient (Wildman–Crippen LogP) is 1.51. The third-order valence-corrected chi connectivity index (χ3v) is 1.54. The Balaban J connectivity index is 2.44. The lowest BCUT2D eigenvalue weighted by molar-refractivity contribution is 1.04. The van der Waals surface area contributed by atoms with Gasteiger partial charge >= 0.3 is 0 Å². The number of dihydropyridines is 1. The van der Waals surface area contributed by atoms with Gasteiger partial charge < -0.3 is 5.32 Å². The lowest BCUT2D eigenvalue weighted by Gasteiger charge is -2.08. The molecular weight excluding hydrogens is 136 g/mol. The summed E-state index contributed by atoms with van der Waals surface area (Å²) in [5.74, 6) is 0. The Morgan fingerprint density at radius 1 is 1.09 bits per heavy atom. The van der Waals surface area contributed by atoms with Gasteiger partial charge in [-0.1, -0.05) is 6.08 Å². The Kier molecular flexibility index (Phi) is 1.44. The summed E-state index contributed by atoms with van der Waals surface area (Å²) in [6.45, 7) is 0. The summed E-state index contributed by atoms with van der Waals surface area (Å²) in [4.78, 5) is 4.21. The van der Waals surface area contributed by atoms with Crippen molar-refractivity contribution in [1.29, 1.82) is 0 Å². The molecule has 1 N–H and O–H groups in total. The molecule has 11 heavy (non-hydrogen) atoms. The smallest absolute Gasteiger partial charge is 0.0864 e. The van der Waals surface area contributed by atoms with Crippen LogP contribution >= 0.6 is 0 Å². The molecule has 0 atom stereocenters. The predicted molar refractivity (Wildman–Crippen MR) is 46.1 cm³/mol. The van der Waals surface area contributed by atoms with Gasteiger partial charge in [-0.3, -0.25) is 4.99 Å². The summed E-state index contributed by atoms with van der Waals surface area (Å²) < 4.78 is 0. The number of fused-ring (bicyclic) bond motifs is 1. The fourth-order valence-corrected chi connectivity index (χ4v) is 1.01. The van der Waals surface area contributed by atoms with Crippen molar-refractivity contribution in [3.63, 3.8) is 0 Å². The first-order valence-electron chi connectivity index (χ1n) is 3.51. The van der Waals surface area contributed by atoms with Crippen molar-refractivity contribution in [1.82, 2.24) is 5.32 Å². The number of hydrogen-bond donors (Lipinski definition) is 1. The maximum atomic E-state index is 4.21. The first-order valence-corrected chi connectivity index (χ1v) is 3.51. The van der Waals surface area contributed by atoms with E-state index in [4.69, 9.17) is 0 Å². The summed E-state index contributed by atoms with van der Waals surface area (Å²) >= 11 is 0. The van der Waals surface area contributed by atoms with Crippen LogP contribution in [0.2, 0.25) is 0 Å². The van der Waals surface area contributed by atoms with Crippen molar-refractivity contribution < 1.29 is 0 Å². The molecule has 0 saturated carbocycles. The van der Waals surface area contributed by atoms with Crippen molar-refractivity contribution in [2.75, 3.05) is 0 Å². The van der Waals surface area contributed by atoms with Crippen LogP contribution in [0.4, 0.5) is 0 Å². The number of nitrogens with one attached hydrogen (secondary N) is 1. The van der Waals surface area contributed by atoms with Crippen LogP contribution in [-0.4, -0.2) is 6.21 Å². The van der Waals surface area contributed by atoms with E-state index < -0.39 is 0 Å². The maximum absolute atomic E-state index is 4.21. The molecule has 0 radical (unpaired) electrons.